The maximum absolute atomic E-state index is 5.47. The molecule has 0 rings (SSSR count). The molecule has 3 nitrogen and oxygen atoms in total. The molecule has 0 aromatic carbocycles. The van der Waals surface area contributed by atoms with Crippen LogP contribution in [0.15, 0.2) is 0 Å². The van der Waals surface area contributed by atoms with Crippen molar-refractivity contribution in [1.82, 2.24) is 12.3 Å². The van der Waals surface area contributed by atoms with Crippen molar-refractivity contribution >= 4 is 0 Å². The van der Waals surface area contributed by atoms with E-state index < -0.39 is 0 Å². The van der Waals surface area contributed by atoms with E-state index in [2.05, 4.69) is 27.7 Å². The summed E-state index contributed by atoms with van der Waals surface area (Å²) in [5.74, 6) is 0. The molecule has 0 spiro atoms. The van der Waals surface area contributed by atoms with Gasteiger partial charge in [-0.2, -0.15) is 0 Å². The van der Waals surface area contributed by atoms with Gasteiger partial charge in [-0.15, -0.1) is 0 Å². The van der Waals surface area contributed by atoms with Crippen LogP contribution in [0.5, 0.6) is 0 Å². The third-order valence-electron chi connectivity index (χ3n) is 3.24. The van der Waals surface area contributed by atoms with Gasteiger partial charge in [-0.3, -0.25) is 0 Å². The molecule has 0 aliphatic heterocycles. The molecular formula is C19H48N2O. The van der Waals surface area contributed by atoms with E-state index in [1.807, 2.05) is 0 Å². The Labute approximate surface area is 142 Å². The molecule has 0 fully saturated rings. The summed E-state index contributed by atoms with van der Waals surface area (Å²) in [6.45, 7) is 10.6. The fourth-order valence-electron chi connectivity index (χ4n) is 2.11. The zero-order valence-electron chi connectivity index (χ0n) is 16.4. The lowest BCUT2D eigenvalue weighted by Gasteiger charge is -2.03. The van der Waals surface area contributed by atoms with Crippen LogP contribution in [-0.4, -0.2) is 13.2 Å². The molecule has 0 amide bonds. The Morgan fingerprint density at radius 3 is 1.18 bits per heavy atom. The number of ether oxygens (including phenoxy) is 1. The van der Waals surface area contributed by atoms with Crippen molar-refractivity contribution in [1.29, 1.82) is 0 Å². The average molecular weight is 321 g/mol. The standard InChI is InChI=1S/C16H34O.C3H8.2H3N/c1-3-5-6-7-8-9-10-11-12-13-14-16-17-15-4-2;1-3-2;;/h3-16H2,1-2H3;3H2,1-2H3;2*1H3. The van der Waals surface area contributed by atoms with E-state index in [1.54, 1.807) is 0 Å². The van der Waals surface area contributed by atoms with Gasteiger partial charge in [0, 0.05) is 13.2 Å². The zero-order valence-corrected chi connectivity index (χ0v) is 16.4. The van der Waals surface area contributed by atoms with E-state index >= 15 is 0 Å². The molecule has 0 aromatic rings. The predicted molar refractivity (Wildman–Crippen MR) is 104 cm³/mol. The molecule has 3 heteroatoms. The molecule has 22 heavy (non-hydrogen) atoms. The highest BCUT2D eigenvalue weighted by atomic mass is 16.5. The fourth-order valence-corrected chi connectivity index (χ4v) is 2.11. The zero-order chi connectivity index (χ0) is 15.3. The summed E-state index contributed by atoms with van der Waals surface area (Å²) in [5, 5.41) is 0. The quantitative estimate of drug-likeness (QED) is 0.326. The van der Waals surface area contributed by atoms with Crippen molar-refractivity contribution in [3.63, 3.8) is 0 Å². The minimum atomic E-state index is 0. The van der Waals surface area contributed by atoms with Gasteiger partial charge >= 0.3 is 0 Å². The van der Waals surface area contributed by atoms with Crippen LogP contribution < -0.4 is 12.3 Å². The Kier molecular flexibility index (Phi) is 44.4. The summed E-state index contributed by atoms with van der Waals surface area (Å²) in [4.78, 5) is 0. The number of hydrogen-bond donors (Lipinski definition) is 2. The Bertz CT molecular complexity index is 129. The van der Waals surface area contributed by atoms with E-state index in [4.69, 9.17) is 4.74 Å². The summed E-state index contributed by atoms with van der Waals surface area (Å²) < 4.78 is 5.47. The molecule has 0 heterocycles. The Morgan fingerprint density at radius 2 is 0.818 bits per heavy atom. The maximum Gasteiger partial charge on any atom is 0.0466 e. The van der Waals surface area contributed by atoms with E-state index in [0.29, 0.717) is 0 Å². The highest BCUT2D eigenvalue weighted by Crippen LogP contribution is 2.11. The van der Waals surface area contributed by atoms with Crippen LogP contribution in [0, 0.1) is 0 Å². The van der Waals surface area contributed by atoms with Gasteiger partial charge in [0.15, 0.2) is 0 Å². The van der Waals surface area contributed by atoms with Crippen molar-refractivity contribution < 1.29 is 4.74 Å². The summed E-state index contributed by atoms with van der Waals surface area (Å²) in [6, 6.07) is 0. The van der Waals surface area contributed by atoms with Crippen molar-refractivity contribution in [2.24, 2.45) is 0 Å². The van der Waals surface area contributed by atoms with Crippen LogP contribution in [-0.2, 0) is 4.74 Å². The minimum absolute atomic E-state index is 0. The molecule has 0 aliphatic carbocycles. The van der Waals surface area contributed by atoms with Crippen LogP contribution in [0.4, 0.5) is 0 Å². The third kappa shape index (κ3) is 36.8. The van der Waals surface area contributed by atoms with Crippen LogP contribution in [0.25, 0.3) is 0 Å². The van der Waals surface area contributed by atoms with Crippen LogP contribution >= 0.6 is 0 Å². The summed E-state index contributed by atoms with van der Waals surface area (Å²) in [5.41, 5.74) is 0. The average Bonchev–Trinajstić information content (AvgIpc) is 2.45. The van der Waals surface area contributed by atoms with Crippen LogP contribution in [0.1, 0.15) is 111 Å². The molecular weight excluding hydrogens is 272 g/mol. The summed E-state index contributed by atoms with van der Waals surface area (Å²) in [6.07, 6.45) is 17.9. The van der Waals surface area contributed by atoms with Gasteiger partial charge in [0.2, 0.25) is 0 Å². The second-order valence-electron chi connectivity index (χ2n) is 5.86. The van der Waals surface area contributed by atoms with E-state index in [9.17, 15) is 0 Å². The topological polar surface area (TPSA) is 79.2 Å². The molecule has 0 saturated carbocycles. The Balaban J connectivity index is -0.000000297. The first-order valence-corrected chi connectivity index (χ1v) is 9.41. The lowest BCUT2D eigenvalue weighted by molar-refractivity contribution is 0.130. The second kappa shape index (κ2) is 32.7. The van der Waals surface area contributed by atoms with Crippen molar-refractivity contribution in [2.75, 3.05) is 13.2 Å². The molecule has 0 aromatic heterocycles. The van der Waals surface area contributed by atoms with Crippen LogP contribution in [0.3, 0.4) is 0 Å². The highest BCUT2D eigenvalue weighted by molar-refractivity contribution is 4.47. The highest BCUT2D eigenvalue weighted by Gasteiger charge is 1.93. The predicted octanol–water partition coefficient (Wildman–Crippen LogP) is 7.46. The summed E-state index contributed by atoms with van der Waals surface area (Å²) >= 11 is 0. The number of hydrogen-bond acceptors (Lipinski definition) is 3. The largest absolute Gasteiger partial charge is 0.381 e. The first kappa shape index (κ1) is 29.8. The smallest absolute Gasteiger partial charge is 0.0466 e. The second-order valence-corrected chi connectivity index (χ2v) is 5.86. The minimum Gasteiger partial charge on any atom is -0.381 e. The van der Waals surface area contributed by atoms with Crippen LogP contribution in [0.2, 0.25) is 0 Å². The lowest BCUT2D eigenvalue weighted by Crippen LogP contribution is -1.95. The van der Waals surface area contributed by atoms with Gasteiger partial charge in [-0.1, -0.05) is 98.3 Å². The Hall–Kier alpha value is -0.120. The number of unbranched alkanes of at least 4 members (excludes halogenated alkanes) is 10. The fraction of sp³-hybridized carbons (Fsp3) is 1.00. The summed E-state index contributed by atoms with van der Waals surface area (Å²) in [7, 11) is 0. The van der Waals surface area contributed by atoms with Gasteiger partial charge in [-0.25, -0.2) is 0 Å². The first-order valence-electron chi connectivity index (χ1n) is 9.41. The van der Waals surface area contributed by atoms with Crippen molar-refractivity contribution in [3.8, 4) is 0 Å². The van der Waals surface area contributed by atoms with Gasteiger partial charge < -0.3 is 17.0 Å². The van der Waals surface area contributed by atoms with Crippen molar-refractivity contribution in [2.45, 2.75) is 111 Å². The Morgan fingerprint density at radius 1 is 0.455 bits per heavy atom. The third-order valence-corrected chi connectivity index (χ3v) is 3.24. The first-order chi connectivity index (χ1) is 9.83. The molecule has 0 bridgehead atoms. The molecule has 6 N–H and O–H groups in total. The van der Waals surface area contributed by atoms with E-state index in [-0.39, 0.29) is 12.3 Å². The number of rotatable bonds is 14. The molecule has 0 radical (unpaired) electrons. The molecule has 140 valence electrons. The van der Waals surface area contributed by atoms with E-state index in [1.165, 1.54) is 77.0 Å². The SMILES string of the molecule is CCC.CCCCCCCCCCCCCOCCC.N.N. The van der Waals surface area contributed by atoms with Gasteiger partial charge in [0.05, 0.1) is 0 Å². The van der Waals surface area contributed by atoms with Gasteiger partial charge in [-0.05, 0) is 12.8 Å². The lowest BCUT2D eigenvalue weighted by atomic mass is 10.1. The normalized spacial score (nSPS) is 9.27. The van der Waals surface area contributed by atoms with Gasteiger partial charge in [0.1, 0.15) is 0 Å². The maximum atomic E-state index is 5.47. The van der Waals surface area contributed by atoms with E-state index in [0.717, 1.165) is 19.6 Å². The molecule has 0 saturated heterocycles. The van der Waals surface area contributed by atoms with Gasteiger partial charge in [0.25, 0.3) is 0 Å². The molecule has 0 unspecified atom stereocenters. The monoisotopic (exact) mass is 320 g/mol. The van der Waals surface area contributed by atoms with Crippen molar-refractivity contribution in [3.05, 3.63) is 0 Å². The molecule has 0 aliphatic rings. The molecule has 0 atom stereocenters.